The Balaban J connectivity index is 2.50. The van der Waals surface area contributed by atoms with Crippen molar-refractivity contribution in [2.24, 2.45) is 0 Å². The van der Waals surface area contributed by atoms with Gasteiger partial charge in [0.05, 0.1) is 10.0 Å². The summed E-state index contributed by atoms with van der Waals surface area (Å²) in [5.41, 5.74) is 0. The molecule has 0 aliphatic carbocycles. The second-order valence-electron chi connectivity index (χ2n) is 2.89. The second-order valence-corrected chi connectivity index (χ2v) is 3.71. The molecule has 0 amide bonds. The summed E-state index contributed by atoms with van der Waals surface area (Å²) in [6, 6.07) is 5.29. The van der Waals surface area contributed by atoms with Gasteiger partial charge in [0, 0.05) is 6.54 Å². The lowest BCUT2D eigenvalue weighted by atomic mass is 10.3. The number of benzene rings is 1. The van der Waals surface area contributed by atoms with E-state index in [4.69, 9.17) is 27.9 Å². The molecule has 15 heavy (non-hydrogen) atoms. The standard InChI is InChI=1S/C11H13Cl2NO/c1-14-7-2-3-8-15-11-9(12)5-4-6-10(11)13/h2-6,14H,7-8H2,1H3/b3-2+. The smallest absolute Gasteiger partial charge is 0.156 e. The molecule has 2 nitrogen and oxygen atoms in total. The quantitative estimate of drug-likeness (QED) is 0.806. The van der Waals surface area contributed by atoms with Gasteiger partial charge in [-0.05, 0) is 19.2 Å². The molecule has 1 aromatic carbocycles. The van der Waals surface area contributed by atoms with Crippen molar-refractivity contribution >= 4 is 23.2 Å². The predicted octanol–water partition coefficient (Wildman–Crippen LogP) is 3.15. The van der Waals surface area contributed by atoms with Crippen molar-refractivity contribution in [2.45, 2.75) is 0 Å². The van der Waals surface area contributed by atoms with Gasteiger partial charge in [-0.15, -0.1) is 0 Å². The topological polar surface area (TPSA) is 21.3 Å². The molecule has 0 spiro atoms. The maximum absolute atomic E-state index is 5.92. The minimum Gasteiger partial charge on any atom is -0.486 e. The second kappa shape index (κ2) is 6.72. The van der Waals surface area contributed by atoms with Crippen molar-refractivity contribution < 1.29 is 4.74 Å². The van der Waals surface area contributed by atoms with E-state index >= 15 is 0 Å². The van der Waals surface area contributed by atoms with Crippen molar-refractivity contribution in [2.75, 3.05) is 20.2 Å². The molecule has 1 N–H and O–H groups in total. The van der Waals surface area contributed by atoms with E-state index in [0.29, 0.717) is 22.4 Å². The van der Waals surface area contributed by atoms with E-state index in [0.717, 1.165) is 6.54 Å². The molecule has 1 aromatic rings. The maximum Gasteiger partial charge on any atom is 0.156 e. The van der Waals surface area contributed by atoms with E-state index in [1.54, 1.807) is 18.2 Å². The van der Waals surface area contributed by atoms with Gasteiger partial charge in [-0.3, -0.25) is 0 Å². The van der Waals surface area contributed by atoms with Crippen LogP contribution in [0.2, 0.25) is 10.0 Å². The number of likely N-dealkylation sites (N-methyl/N-ethyl adjacent to an activating group) is 1. The summed E-state index contributed by atoms with van der Waals surface area (Å²) in [5.74, 6) is 0.537. The minimum absolute atomic E-state index is 0.463. The zero-order chi connectivity index (χ0) is 11.1. The minimum atomic E-state index is 0.463. The van der Waals surface area contributed by atoms with Gasteiger partial charge in [0.2, 0.25) is 0 Å². The van der Waals surface area contributed by atoms with Crippen LogP contribution in [0.15, 0.2) is 30.4 Å². The number of para-hydroxylation sites is 1. The Morgan fingerprint density at radius 2 is 1.93 bits per heavy atom. The van der Waals surface area contributed by atoms with Gasteiger partial charge in [-0.2, -0.15) is 0 Å². The lowest BCUT2D eigenvalue weighted by Gasteiger charge is -2.06. The van der Waals surface area contributed by atoms with Gasteiger partial charge < -0.3 is 10.1 Å². The Hall–Kier alpha value is -0.700. The summed E-state index contributed by atoms with van der Waals surface area (Å²) >= 11 is 11.8. The highest BCUT2D eigenvalue weighted by Gasteiger charge is 2.04. The Kier molecular flexibility index (Phi) is 5.54. The highest BCUT2D eigenvalue weighted by Crippen LogP contribution is 2.32. The highest BCUT2D eigenvalue weighted by atomic mass is 35.5. The summed E-state index contributed by atoms with van der Waals surface area (Å²) in [7, 11) is 1.89. The summed E-state index contributed by atoms with van der Waals surface area (Å²) < 4.78 is 5.44. The fourth-order valence-corrected chi connectivity index (χ4v) is 1.53. The van der Waals surface area contributed by atoms with Crippen LogP contribution >= 0.6 is 23.2 Å². The molecule has 0 heterocycles. The van der Waals surface area contributed by atoms with E-state index in [1.165, 1.54) is 0 Å². The van der Waals surface area contributed by atoms with Crippen molar-refractivity contribution in [1.29, 1.82) is 0 Å². The average Bonchev–Trinajstić information content (AvgIpc) is 2.21. The van der Waals surface area contributed by atoms with E-state index in [9.17, 15) is 0 Å². The summed E-state index contributed by atoms with van der Waals surface area (Å²) in [5, 5.41) is 4.06. The SMILES string of the molecule is CNC/C=C/COc1c(Cl)cccc1Cl. The molecule has 0 aromatic heterocycles. The molecule has 4 heteroatoms. The Morgan fingerprint density at radius 3 is 2.53 bits per heavy atom. The fourth-order valence-electron chi connectivity index (χ4n) is 1.02. The monoisotopic (exact) mass is 245 g/mol. The zero-order valence-electron chi connectivity index (χ0n) is 8.47. The summed E-state index contributed by atoms with van der Waals surface area (Å²) in [6.07, 6.45) is 3.89. The van der Waals surface area contributed by atoms with Crippen LogP contribution < -0.4 is 10.1 Å². The first-order chi connectivity index (χ1) is 7.25. The number of ether oxygens (including phenoxy) is 1. The number of rotatable bonds is 5. The number of hydrogen-bond donors (Lipinski definition) is 1. The first kappa shape index (κ1) is 12.4. The molecule has 0 radical (unpaired) electrons. The molecule has 0 bridgehead atoms. The van der Waals surface area contributed by atoms with Crippen molar-refractivity contribution in [1.82, 2.24) is 5.32 Å². The first-order valence-corrected chi connectivity index (χ1v) is 5.37. The molecule has 0 saturated heterocycles. The van der Waals surface area contributed by atoms with Gasteiger partial charge in [-0.25, -0.2) is 0 Å². The van der Waals surface area contributed by atoms with E-state index < -0.39 is 0 Å². The zero-order valence-corrected chi connectivity index (χ0v) is 9.98. The van der Waals surface area contributed by atoms with Gasteiger partial charge in [0.1, 0.15) is 6.61 Å². The Bertz CT molecular complexity index is 319. The van der Waals surface area contributed by atoms with Crippen LogP contribution in [-0.2, 0) is 0 Å². The van der Waals surface area contributed by atoms with Crippen LogP contribution in [0.5, 0.6) is 5.75 Å². The van der Waals surface area contributed by atoms with Crippen LogP contribution in [0.25, 0.3) is 0 Å². The molecule has 0 fully saturated rings. The van der Waals surface area contributed by atoms with E-state index in [2.05, 4.69) is 5.32 Å². The fraction of sp³-hybridized carbons (Fsp3) is 0.273. The molecule has 0 saturated carbocycles. The lowest BCUT2D eigenvalue weighted by Crippen LogP contribution is -2.04. The van der Waals surface area contributed by atoms with Crippen molar-refractivity contribution in [3.05, 3.63) is 40.4 Å². The molecule has 0 atom stereocenters. The Labute approximate surface area is 99.8 Å². The van der Waals surface area contributed by atoms with Crippen LogP contribution in [0, 0.1) is 0 Å². The Morgan fingerprint density at radius 1 is 1.27 bits per heavy atom. The molecule has 0 aliphatic heterocycles. The number of halogens is 2. The molecular formula is C11H13Cl2NO. The summed E-state index contributed by atoms with van der Waals surface area (Å²) in [4.78, 5) is 0. The highest BCUT2D eigenvalue weighted by molar-refractivity contribution is 6.37. The maximum atomic E-state index is 5.92. The molecule has 0 aliphatic rings. The van der Waals surface area contributed by atoms with Crippen LogP contribution in [0.4, 0.5) is 0 Å². The third-order valence-electron chi connectivity index (χ3n) is 1.73. The van der Waals surface area contributed by atoms with Gasteiger partial charge >= 0.3 is 0 Å². The number of hydrogen-bond acceptors (Lipinski definition) is 2. The third-order valence-corrected chi connectivity index (χ3v) is 2.33. The number of nitrogens with one attached hydrogen (secondary N) is 1. The molecule has 1 rings (SSSR count). The predicted molar refractivity (Wildman–Crippen MR) is 65.0 cm³/mol. The lowest BCUT2D eigenvalue weighted by molar-refractivity contribution is 0.363. The van der Waals surface area contributed by atoms with Crippen LogP contribution in [0.1, 0.15) is 0 Å². The van der Waals surface area contributed by atoms with Crippen molar-refractivity contribution in [3.63, 3.8) is 0 Å². The normalized spacial score (nSPS) is 10.9. The van der Waals surface area contributed by atoms with E-state index in [-0.39, 0.29) is 0 Å². The molecular weight excluding hydrogens is 233 g/mol. The van der Waals surface area contributed by atoms with Crippen molar-refractivity contribution in [3.8, 4) is 5.75 Å². The molecule has 82 valence electrons. The average molecular weight is 246 g/mol. The largest absolute Gasteiger partial charge is 0.486 e. The van der Waals surface area contributed by atoms with Gasteiger partial charge in [0.25, 0.3) is 0 Å². The third kappa shape index (κ3) is 4.12. The summed E-state index contributed by atoms with van der Waals surface area (Å²) in [6.45, 7) is 1.28. The van der Waals surface area contributed by atoms with Crippen LogP contribution in [-0.4, -0.2) is 20.2 Å². The first-order valence-electron chi connectivity index (χ1n) is 4.62. The van der Waals surface area contributed by atoms with E-state index in [1.807, 2.05) is 19.2 Å². The van der Waals surface area contributed by atoms with Gasteiger partial charge in [-0.1, -0.05) is 41.4 Å². The van der Waals surface area contributed by atoms with Gasteiger partial charge in [0.15, 0.2) is 5.75 Å². The van der Waals surface area contributed by atoms with Crippen LogP contribution in [0.3, 0.4) is 0 Å². The molecule has 0 unspecified atom stereocenters.